The minimum atomic E-state index is -0.327. The van der Waals surface area contributed by atoms with Crippen LogP contribution >= 0.6 is 11.3 Å². The Hall–Kier alpha value is -3.72. The Morgan fingerprint density at radius 3 is 2.82 bits per heavy atom. The van der Waals surface area contributed by atoms with Crippen molar-refractivity contribution in [2.24, 2.45) is 0 Å². The summed E-state index contributed by atoms with van der Waals surface area (Å²) in [5, 5.41) is 6.45. The zero-order valence-corrected chi connectivity index (χ0v) is 19.7. The minimum Gasteiger partial charge on any atom is -0.482 e. The summed E-state index contributed by atoms with van der Waals surface area (Å²) >= 11 is 1.51. The molecule has 1 saturated heterocycles. The zero-order valence-electron chi connectivity index (χ0n) is 18.9. The van der Waals surface area contributed by atoms with Crippen LogP contribution in [-0.4, -0.2) is 53.3 Å². The van der Waals surface area contributed by atoms with Gasteiger partial charge >= 0.3 is 0 Å². The molecule has 0 saturated carbocycles. The molecule has 0 radical (unpaired) electrons. The number of carbonyl (C=O) groups is 3. The van der Waals surface area contributed by atoms with Crippen LogP contribution in [0.5, 0.6) is 5.75 Å². The molecular weight excluding hydrogens is 452 g/mol. The average Bonchev–Trinajstić information content (AvgIpc) is 3.19. The first kappa shape index (κ1) is 22.1. The van der Waals surface area contributed by atoms with Crippen molar-refractivity contribution >= 4 is 34.7 Å². The van der Waals surface area contributed by atoms with E-state index < -0.39 is 0 Å². The third kappa shape index (κ3) is 4.14. The van der Waals surface area contributed by atoms with Gasteiger partial charge in [-0.3, -0.25) is 14.4 Å². The highest BCUT2D eigenvalue weighted by Gasteiger charge is 2.35. The molecule has 3 amide bonds. The second-order valence-corrected chi connectivity index (χ2v) is 9.65. The Bertz CT molecular complexity index is 1300. The van der Waals surface area contributed by atoms with E-state index in [-0.39, 0.29) is 30.4 Å². The molecule has 2 aliphatic heterocycles. The molecule has 1 fully saturated rings. The number of hydrogen-bond acceptors (Lipinski definition) is 6. The molecule has 34 heavy (non-hydrogen) atoms. The maximum absolute atomic E-state index is 13.4. The first-order valence-corrected chi connectivity index (χ1v) is 11.9. The molecule has 2 N–H and O–H groups in total. The van der Waals surface area contributed by atoms with Gasteiger partial charge in [0.1, 0.15) is 11.4 Å². The fourth-order valence-corrected chi connectivity index (χ4v) is 5.11. The van der Waals surface area contributed by atoms with Gasteiger partial charge in [-0.25, -0.2) is 4.98 Å². The molecule has 2 aliphatic rings. The Morgan fingerprint density at radius 1 is 1.24 bits per heavy atom. The summed E-state index contributed by atoms with van der Waals surface area (Å²) in [5.74, 6) is -0.280. The largest absolute Gasteiger partial charge is 0.482 e. The number of para-hydroxylation sites is 1. The number of nitrogens with zero attached hydrogens (tertiary/aromatic N) is 2. The maximum atomic E-state index is 13.4. The van der Waals surface area contributed by atoms with E-state index in [1.165, 1.54) is 11.3 Å². The van der Waals surface area contributed by atoms with Gasteiger partial charge in [0.05, 0.1) is 27.2 Å². The number of carbonyl (C=O) groups excluding carboxylic acids is 3. The highest BCUT2D eigenvalue weighted by molar-refractivity contribution is 7.15. The monoisotopic (exact) mass is 476 g/mol. The standard InChI is InChI=1S/C25H24N4O4S/c1-14-5-3-6-16(11-14)23-22(27-15(2)34-23)25(32)29-10-9-17(29)12-26-24(31)18-7-4-8-19-21(18)28-20(30)13-33-19/h3-8,11,17H,9-10,12-13H2,1-2H3,(H,26,31)(H,28,30). The Balaban J connectivity index is 1.29. The van der Waals surface area contributed by atoms with E-state index in [9.17, 15) is 14.4 Å². The fraction of sp³-hybridized carbons (Fsp3) is 0.280. The molecule has 1 aromatic heterocycles. The van der Waals surface area contributed by atoms with Crippen LogP contribution in [0.15, 0.2) is 42.5 Å². The molecule has 1 atom stereocenters. The molecule has 0 aliphatic carbocycles. The van der Waals surface area contributed by atoms with Gasteiger partial charge in [-0.15, -0.1) is 11.3 Å². The van der Waals surface area contributed by atoms with Crippen LogP contribution < -0.4 is 15.4 Å². The number of anilines is 1. The maximum Gasteiger partial charge on any atom is 0.274 e. The number of ether oxygens (including phenoxy) is 1. The number of aromatic nitrogens is 1. The smallest absolute Gasteiger partial charge is 0.274 e. The summed E-state index contributed by atoms with van der Waals surface area (Å²) in [6.07, 6.45) is 0.793. The van der Waals surface area contributed by atoms with Crippen molar-refractivity contribution in [3.05, 3.63) is 64.3 Å². The molecule has 1 unspecified atom stereocenters. The first-order chi connectivity index (χ1) is 16.4. The summed E-state index contributed by atoms with van der Waals surface area (Å²) < 4.78 is 5.39. The van der Waals surface area contributed by atoms with E-state index in [1.54, 1.807) is 23.1 Å². The van der Waals surface area contributed by atoms with Crippen LogP contribution in [0.4, 0.5) is 5.69 Å². The van der Waals surface area contributed by atoms with Gasteiger partial charge in [0, 0.05) is 13.1 Å². The molecule has 3 aromatic rings. The quantitative estimate of drug-likeness (QED) is 0.588. The topological polar surface area (TPSA) is 101 Å². The van der Waals surface area contributed by atoms with Crippen LogP contribution in [0.1, 0.15) is 37.8 Å². The Labute approximate surface area is 201 Å². The van der Waals surface area contributed by atoms with Gasteiger partial charge in [-0.2, -0.15) is 0 Å². The summed E-state index contributed by atoms with van der Waals surface area (Å²) in [4.78, 5) is 45.1. The number of nitrogens with one attached hydrogen (secondary N) is 2. The third-order valence-electron chi connectivity index (χ3n) is 6.01. The first-order valence-electron chi connectivity index (χ1n) is 11.1. The minimum absolute atomic E-state index is 0.0716. The molecule has 2 aromatic carbocycles. The van der Waals surface area contributed by atoms with Crippen molar-refractivity contribution in [1.29, 1.82) is 0 Å². The van der Waals surface area contributed by atoms with Gasteiger partial charge < -0.3 is 20.3 Å². The molecule has 8 nitrogen and oxygen atoms in total. The number of amides is 3. The van der Waals surface area contributed by atoms with Gasteiger partial charge in [0.15, 0.2) is 6.61 Å². The summed E-state index contributed by atoms with van der Waals surface area (Å²) in [7, 11) is 0. The van der Waals surface area contributed by atoms with Crippen LogP contribution in [0.3, 0.4) is 0 Å². The van der Waals surface area contributed by atoms with E-state index >= 15 is 0 Å². The number of thiazole rings is 1. The lowest BCUT2D eigenvalue weighted by Gasteiger charge is -2.40. The lowest BCUT2D eigenvalue weighted by Crippen LogP contribution is -2.56. The fourth-order valence-electron chi connectivity index (χ4n) is 4.20. The van der Waals surface area contributed by atoms with Gasteiger partial charge in [-0.05, 0) is 38.0 Å². The number of benzene rings is 2. The van der Waals surface area contributed by atoms with Gasteiger partial charge in [0.25, 0.3) is 17.7 Å². The van der Waals surface area contributed by atoms with Crippen molar-refractivity contribution in [2.75, 3.05) is 25.0 Å². The molecule has 9 heteroatoms. The molecule has 3 heterocycles. The third-order valence-corrected chi connectivity index (χ3v) is 7.03. The van der Waals surface area contributed by atoms with Crippen LogP contribution in [0.25, 0.3) is 10.4 Å². The predicted octanol–water partition coefficient (Wildman–Crippen LogP) is 3.40. The molecule has 174 valence electrons. The van der Waals surface area contributed by atoms with Crippen molar-refractivity contribution in [3.8, 4) is 16.2 Å². The lowest BCUT2D eigenvalue weighted by atomic mass is 10.0. The zero-order chi connectivity index (χ0) is 23.8. The average molecular weight is 477 g/mol. The van der Waals surface area contributed by atoms with E-state index in [2.05, 4.69) is 21.7 Å². The highest BCUT2D eigenvalue weighted by atomic mass is 32.1. The van der Waals surface area contributed by atoms with E-state index in [4.69, 9.17) is 4.74 Å². The molecular formula is C25H24N4O4S. The second kappa shape index (κ2) is 8.90. The van der Waals surface area contributed by atoms with Crippen LogP contribution in [0.2, 0.25) is 0 Å². The number of likely N-dealkylation sites (tertiary alicyclic amines) is 1. The van der Waals surface area contributed by atoms with Crippen molar-refractivity contribution in [1.82, 2.24) is 15.2 Å². The summed E-state index contributed by atoms with van der Waals surface area (Å²) in [5.41, 5.74) is 3.27. The van der Waals surface area contributed by atoms with Crippen molar-refractivity contribution in [2.45, 2.75) is 26.3 Å². The van der Waals surface area contributed by atoms with Gasteiger partial charge in [0.2, 0.25) is 0 Å². The van der Waals surface area contributed by atoms with E-state index in [1.807, 2.05) is 32.0 Å². The molecule has 0 spiro atoms. The summed E-state index contributed by atoms with van der Waals surface area (Å²) in [6.45, 7) is 4.78. The van der Waals surface area contributed by atoms with Crippen molar-refractivity contribution in [3.63, 3.8) is 0 Å². The van der Waals surface area contributed by atoms with Gasteiger partial charge in [-0.1, -0.05) is 35.9 Å². The number of rotatable bonds is 5. The summed E-state index contributed by atoms with van der Waals surface area (Å²) in [6, 6.07) is 13.0. The highest BCUT2D eigenvalue weighted by Crippen LogP contribution is 2.34. The Kier molecular flexibility index (Phi) is 5.79. The van der Waals surface area contributed by atoms with Crippen LogP contribution in [0, 0.1) is 13.8 Å². The van der Waals surface area contributed by atoms with E-state index in [0.717, 1.165) is 27.4 Å². The second-order valence-electron chi connectivity index (χ2n) is 8.45. The normalized spacial score (nSPS) is 16.7. The molecule has 5 rings (SSSR count). The lowest BCUT2D eigenvalue weighted by molar-refractivity contribution is -0.118. The number of hydrogen-bond donors (Lipinski definition) is 2. The SMILES string of the molecule is Cc1cccc(-c2sc(C)nc2C(=O)N2CCC2CNC(=O)c2cccc3c2NC(=O)CO3)c1. The van der Waals surface area contributed by atoms with E-state index in [0.29, 0.717) is 35.8 Å². The number of fused-ring (bicyclic) bond motifs is 1. The number of aryl methyl sites for hydroxylation is 2. The Morgan fingerprint density at radius 2 is 2.06 bits per heavy atom. The molecule has 0 bridgehead atoms. The van der Waals surface area contributed by atoms with Crippen molar-refractivity contribution < 1.29 is 19.1 Å². The predicted molar refractivity (Wildman–Crippen MR) is 129 cm³/mol. The van der Waals surface area contributed by atoms with Crippen LogP contribution in [-0.2, 0) is 4.79 Å².